The number of rotatable bonds is 54. The summed E-state index contributed by atoms with van der Waals surface area (Å²) in [6, 6.07) is 0. The molecule has 0 aliphatic rings. The smallest absolute Gasteiger partial charge is 0.306 e. The third-order valence-electron chi connectivity index (χ3n) is 12.9. The summed E-state index contributed by atoms with van der Waals surface area (Å²) in [7, 11) is 5.92. The van der Waals surface area contributed by atoms with Crippen molar-refractivity contribution in [1.82, 2.24) is 0 Å². The van der Waals surface area contributed by atoms with Gasteiger partial charge >= 0.3 is 11.9 Å². The number of carbonyl (C=O) groups excluding carboxylic acids is 3. The van der Waals surface area contributed by atoms with Crippen molar-refractivity contribution in [2.45, 2.75) is 289 Å². The molecule has 0 fully saturated rings. The topological polar surface area (TPSA) is 111 Å². The highest BCUT2D eigenvalue weighted by atomic mass is 16.7. The van der Waals surface area contributed by atoms with Gasteiger partial charge in [-0.25, -0.2) is 0 Å². The monoisotopic (exact) mass is 962 g/mol. The molecule has 0 amide bonds. The van der Waals surface area contributed by atoms with Crippen LogP contribution >= 0.6 is 0 Å². The van der Waals surface area contributed by atoms with Crippen LogP contribution in [0.3, 0.4) is 0 Å². The molecular formula is C59H111NO8. The van der Waals surface area contributed by atoms with Crippen molar-refractivity contribution >= 4 is 17.9 Å². The van der Waals surface area contributed by atoms with E-state index in [1.165, 1.54) is 193 Å². The van der Waals surface area contributed by atoms with Crippen molar-refractivity contribution < 1.29 is 42.9 Å². The Balaban J connectivity index is 4.13. The molecule has 0 aromatic heterocycles. The molecule has 0 radical (unpaired) electrons. The van der Waals surface area contributed by atoms with Crippen LogP contribution in [0, 0.1) is 0 Å². The van der Waals surface area contributed by atoms with Crippen LogP contribution < -0.4 is 5.11 Å². The number of carbonyl (C=O) groups is 3. The number of allylic oxidation sites excluding steroid dienone is 4. The van der Waals surface area contributed by atoms with Crippen LogP contribution in [0.5, 0.6) is 0 Å². The molecule has 0 aliphatic heterocycles. The van der Waals surface area contributed by atoms with Crippen molar-refractivity contribution in [3.05, 3.63) is 24.3 Å². The Labute approximate surface area is 420 Å². The maximum Gasteiger partial charge on any atom is 0.306 e. The van der Waals surface area contributed by atoms with Crippen molar-refractivity contribution in [3.8, 4) is 0 Å². The molecule has 400 valence electrons. The van der Waals surface area contributed by atoms with Crippen LogP contribution in [0.4, 0.5) is 0 Å². The van der Waals surface area contributed by atoms with Crippen LogP contribution in [0.25, 0.3) is 0 Å². The van der Waals surface area contributed by atoms with Gasteiger partial charge < -0.3 is 33.3 Å². The lowest BCUT2D eigenvalue weighted by Crippen LogP contribution is -2.44. The van der Waals surface area contributed by atoms with E-state index in [1.807, 2.05) is 21.1 Å². The summed E-state index contributed by atoms with van der Waals surface area (Å²) >= 11 is 0. The molecule has 0 aromatic carbocycles. The number of likely N-dealkylation sites (N-methyl/N-ethyl adjacent to an activating group) is 1. The molecule has 2 unspecified atom stereocenters. The number of carboxylic acid groups (broad SMARTS) is 1. The molecule has 0 N–H and O–H groups in total. The molecule has 0 aromatic rings. The third kappa shape index (κ3) is 51.6. The number of hydrogen-bond donors (Lipinski definition) is 0. The minimum Gasteiger partial charge on any atom is -0.545 e. The first-order valence-electron chi connectivity index (χ1n) is 29.0. The Hall–Kier alpha value is -2.23. The average molecular weight is 963 g/mol. The van der Waals surface area contributed by atoms with Gasteiger partial charge in [-0.05, 0) is 64.2 Å². The maximum absolute atomic E-state index is 12.8. The molecule has 0 bridgehead atoms. The number of aliphatic carboxylic acids is 1. The highest BCUT2D eigenvalue weighted by Crippen LogP contribution is 2.17. The zero-order chi connectivity index (χ0) is 49.9. The van der Waals surface area contributed by atoms with Gasteiger partial charge in [-0.3, -0.25) is 9.59 Å². The van der Waals surface area contributed by atoms with Crippen LogP contribution in [-0.4, -0.2) is 82.3 Å². The van der Waals surface area contributed by atoms with Gasteiger partial charge in [0.2, 0.25) is 0 Å². The van der Waals surface area contributed by atoms with Gasteiger partial charge in [-0.1, -0.05) is 224 Å². The minimum atomic E-state index is -1.62. The number of hydrogen-bond acceptors (Lipinski definition) is 8. The number of carboxylic acids is 1. The van der Waals surface area contributed by atoms with Gasteiger partial charge in [0.05, 0.1) is 40.3 Å². The molecule has 0 spiro atoms. The molecular weight excluding hydrogens is 851 g/mol. The van der Waals surface area contributed by atoms with E-state index in [4.69, 9.17) is 18.9 Å². The summed E-state index contributed by atoms with van der Waals surface area (Å²) in [5, 5.41) is 11.7. The molecule has 9 nitrogen and oxygen atoms in total. The standard InChI is InChI=1S/C59H111NO8/c1-6-8-10-12-14-16-18-20-22-23-24-25-26-27-28-29-30-31-32-33-34-35-36-38-40-42-44-46-48-50-57(62)68-55(54-67-59(58(63)64)65-52-51-60(3,4)5)53-66-56(61)49-47-45-43-41-39-37-21-19-17-15-13-11-9-7-2/h19,21,23-24,55,59H,6-18,20,22,25-54H2,1-5H3/b21-19-,24-23-. The number of nitrogens with zero attached hydrogens (tertiary/aromatic N) is 1. The Morgan fingerprint density at radius 1 is 0.426 bits per heavy atom. The molecule has 0 saturated heterocycles. The fourth-order valence-electron chi connectivity index (χ4n) is 8.41. The summed E-state index contributed by atoms with van der Waals surface area (Å²) in [5.41, 5.74) is 0. The van der Waals surface area contributed by atoms with Gasteiger partial charge in [-0.15, -0.1) is 0 Å². The second kappa shape index (κ2) is 51.1. The highest BCUT2D eigenvalue weighted by Gasteiger charge is 2.22. The summed E-state index contributed by atoms with van der Waals surface area (Å²) in [4.78, 5) is 37.2. The van der Waals surface area contributed by atoms with Crippen molar-refractivity contribution in [3.63, 3.8) is 0 Å². The van der Waals surface area contributed by atoms with Crippen molar-refractivity contribution in [2.24, 2.45) is 0 Å². The fraction of sp³-hybridized carbons (Fsp3) is 0.881. The SMILES string of the molecule is CCCCCCC/C=C\CCCCCCCC(=O)OCC(COC(OCC[N+](C)(C)C)C(=O)[O-])OC(=O)CCCCCCCCCCCCCCCCCCC/C=C\CCCCCCCCCC. The lowest BCUT2D eigenvalue weighted by molar-refractivity contribution is -0.870. The maximum atomic E-state index is 12.8. The first-order chi connectivity index (χ1) is 33.1. The minimum absolute atomic E-state index is 0.149. The van der Waals surface area contributed by atoms with E-state index >= 15 is 0 Å². The predicted molar refractivity (Wildman–Crippen MR) is 283 cm³/mol. The second-order valence-corrected chi connectivity index (χ2v) is 20.9. The lowest BCUT2D eigenvalue weighted by Gasteiger charge is -2.26. The van der Waals surface area contributed by atoms with E-state index in [0.717, 1.165) is 51.4 Å². The Kier molecular flexibility index (Phi) is 49.5. The predicted octanol–water partition coefficient (Wildman–Crippen LogP) is 15.4. The second-order valence-electron chi connectivity index (χ2n) is 20.9. The molecule has 0 saturated carbocycles. The summed E-state index contributed by atoms with van der Waals surface area (Å²) < 4.78 is 22.7. The normalized spacial score (nSPS) is 12.9. The van der Waals surface area contributed by atoms with Crippen molar-refractivity contribution in [2.75, 3.05) is 47.5 Å². The number of unbranched alkanes of at least 4 members (excludes halogenated alkanes) is 35. The zero-order valence-electron chi connectivity index (χ0n) is 45.5. The number of esters is 2. The average Bonchev–Trinajstić information content (AvgIpc) is 3.30. The first-order valence-corrected chi connectivity index (χ1v) is 29.0. The molecule has 9 heteroatoms. The molecule has 0 aliphatic carbocycles. The van der Waals surface area contributed by atoms with Crippen molar-refractivity contribution in [1.29, 1.82) is 0 Å². The van der Waals surface area contributed by atoms with Gasteiger partial charge in [0.1, 0.15) is 13.2 Å². The quantitative estimate of drug-likeness (QED) is 0.0195. The van der Waals surface area contributed by atoms with E-state index in [0.29, 0.717) is 17.4 Å². The molecule has 2 atom stereocenters. The summed E-state index contributed by atoms with van der Waals surface area (Å²) in [6.45, 7) is 4.76. The Morgan fingerprint density at radius 3 is 1.09 bits per heavy atom. The molecule has 0 rings (SSSR count). The lowest BCUT2D eigenvalue weighted by atomic mass is 10.0. The van der Waals surface area contributed by atoms with Crippen LogP contribution in [0.2, 0.25) is 0 Å². The van der Waals surface area contributed by atoms with E-state index in [-0.39, 0.29) is 38.6 Å². The van der Waals surface area contributed by atoms with E-state index < -0.39 is 24.3 Å². The van der Waals surface area contributed by atoms with Gasteiger partial charge in [0.15, 0.2) is 12.4 Å². The number of quaternary nitrogens is 1. The zero-order valence-corrected chi connectivity index (χ0v) is 45.5. The first kappa shape index (κ1) is 65.8. The van der Waals surface area contributed by atoms with Crippen LogP contribution in [-0.2, 0) is 33.3 Å². The number of ether oxygens (including phenoxy) is 4. The largest absolute Gasteiger partial charge is 0.545 e. The van der Waals surface area contributed by atoms with E-state index in [2.05, 4.69) is 38.2 Å². The van der Waals surface area contributed by atoms with Crippen LogP contribution in [0.1, 0.15) is 277 Å². The van der Waals surface area contributed by atoms with E-state index in [9.17, 15) is 19.5 Å². The third-order valence-corrected chi connectivity index (χ3v) is 12.9. The van der Waals surface area contributed by atoms with Crippen LogP contribution in [0.15, 0.2) is 24.3 Å². The van der Waals surface area contributed by atoms with Gasteiger partial charge in [0, 0.05) is 12.8 Å². The molecule has 0 heterocycles. The summed E-state index contributed by atoms with van der Waals surface area (Å²) in [6.07, 6.45) is 56.6. The highest BCUT2D eigenvalue weighted by molar-refractivity contribution is 5.70. The Bertz CT molecular complexity index is 1170. The fourth-order valence-corrected chi connectivity index (χ4v) is 8.41. The van der Waals surface area contributed by atoms with Gasteiger partial charge in [0.25, 0.3) is 0 Å². The summed E-state index contributed by atoms with van der Waals surface area (Å²) in [5.74, 6) is -2.28. The Morgan fingerprint density at radius 2 is 0.750 bits per heavy atom. The molecule has 68 heavy (non-hydrogen) atoms. The van der Waals surface area contributed by atoms with E-state index in [1.54, 1.807) is 0 Å². The van der Waals surface area contributed by atoms with Gasteiger partial charge in [-0.2, -0.15) is 0 Å².